The minimum Gasteiger partial charge on any atom is -0.415 e. The van der Waals surface area contributed by atoms with Gasteiger partial charge in [-0.2, -0.15) is 0 Å². The lowest BCUT2D eigenvalue weighted by Gasteiger charge is -2.36. The zero-order valence-corrected chi connectivity index (χ0v) is 10.3. The molecule has 0 fully saturated rings. The molecule has 0 spiro atoms. The molecule has 0 aliphatic carbocycles. The number of hydrogen-bond acceptors (Lipinski definition) is 2. The number of carbonyl (C=O) groups is 1. The third kappa shape index (κ3) is 4.43. The molecular formula is C9H21NO2Si. The topological polar surface area (TPSA) is 38.3 Å². The van der Waals surface area contributed by atoms with Crippen LogP contribution in [0.5, 0.6) is 0 Å². The summed E-state index contributed by atoms with van der Waals surface area (Å²) in [6.07, 6.45) is 0.703. The van der Waals surface area contributed by atoms with Gasteiger partial charge in [0, 0.05) is 6.54 Å². The maximum absolute atomic E-state index is 9.97. The van der Waals surface area contributed by atoms with E-state index in [1.165, 1.54) is 0 Å². The van der Waals surface area contributed by atoms with Gasteiger partial charge in [-0.05, 0) is 18.1 Å². The summed E-state index contributed by atoms with van der Waals surface area (Å²) in [5.74, 6) is 0. The smallest absolute Gasteiger partial charge is 0.207 e. The van der Waals surface area contributed by atoms with Crippen molar-refractivity contribution in [3.05, 3.63) is 0 Å². The summed E-state index contributed by atoms with van der Waals surface area (Å²) in [5.41, 5.74) is 0. The van der Waals surface area contributed by atoms with E-state index in [2.05, 4.69) is 39.2 Å². The van der Waals surface area contributed by atoms with Crippen molar-refractivity contribution in [2.75, 3.05) is 13.2 Å². The molecule has 13 heavy (non-hydrogen) atoms. The Balaban J connectivity index is 3.83. The van der Waals surface area contributed by atoms with Crippen LogP contribution in [-0.2, 0) is 9.22 Å². The first kappa shape index (κ1) is 12.6. The predicted octanol–water partition coefficient (Wildman–Crippen LogP) is 1.75. The highest BCUT2D eigenvalue weighted by Gasteiger charge is 2.36. The molecule has 0 saturated heterocycles. The Labute approximate surface area is 82.0 Å². The molecule has 1 N–H and O–H groups in total. The minimum absolute atomic E-state index is 0.244. The van der Waals surface area contributed by atoms with Gasteiger partial charge in [0.15, 0.2) is 8.32 Å². The number of rotatable bonds is 5. The lowest BCUT2D eigenvalue weighted by atomic mass is 10.2. The van der Waals surface area contributed by atoms with Crippen LogP contribution in [-0.4, -0.2) is 27.9 Å². The number of nitrogens with one attached hydrogen (secondary N) is 1. The van der Waals surface area contributed by atoms with Crippen LogP contribution in [0, 0.1) is 0 Å². The largest absolute Gasteiger partial charge is 0.415 e. The van der Waals surface area contributed by atoms with E-state index in [0.29, 0.717) is 19.6 Å². The van der Waals surface area contributed by atoms with E-state index in [9.17, 15) is 4.79 Å². The van der Waals surface area contributed by atoms with Crippen LogP contribution in [0.1, 0.15) is 20.8 Å². The summed E-state index contributed by atoms with van der Waals surface area (Å²) < 4.78 is 5.81. The Morgan fingerprint density at radius 1 is 1.38 bits per heavy atom. The normalized spacial score (nSPS) is 12.7. The summed E-state index contributed by atoms with van der Waals surface area (Å²) >= 11 is 0. The van der Waals surface area contributed by atoms with Gasteiger partial charge in [-0.1, -0.05) is 20.8 Å². The van der Waals surface area contributed by atoms with Gasteiger partial charge in [-0.25, -0.2) is 0 Å². The number of carbonyl (C=O) groups excluding carboxylic acids is 1. The van der Waals surface area contributed by atoms with Crippen molar-refractivity contribution in [2.45, 2.75) is 38.9 Å². The van der Waals surface area contributed by atoms with Crippen molar-refractivity contribution in [2.24, 2.45) is 0 Å². The van der Waals surface area contributed by atoms with E-state index in [1.807, 2.05) is 0 Å². The first-order valence-electron chi connectivity index (χ1n) is 4.62. The quantitative estimate of drug-likeness (QED) is 0.420. The second-order valence-corrected chi connectivity index (χ2v) is 9.49. The lowest BCUT2D eigenvalue weighted by molar-refractivity contribution is -0.109. The van der Waals surface area contributed by atoms with Gasteiger partial charge < -0.3 is 9.74 Å². The van der Waals surface area contributed by atoms with Gasteiger partial charge in [0.2, 0.25) is 6.41 Å². The molecule has 0 rings (SSSR count). The van der Waals surface area contributed by atoms with Gasteiger partial charge in [0.25, 0.3) is 0 Å². The molecule has 1 amide bonds. The van der Waals surface area contributed by atoms with Crippen LogP contribution >= 0.6 is 0 Å². The molecule has 0 aliphatic heterocycles. The zero-order valence-electron chi connectivity index (χ0n) is 9.31. The summed E-state index contributed by atoms with van der Waals surface area (Å²) in [4.78, 5) is 9.97. The maximum Gasteiger partial charge on any atom is 0.207 e. The van der Waals surface area contributed by atoms with Crippen LogP contribution in [0.25, 0.3) is 0 Å². The first-order valence-corrected chi connectivity index (χ1v) is 7.53. The van der Waals surface area contributed by atoms with Gasteiger partial charge >= 0.3 is 0 Å². The molecule has 78 valence electrons. The monoisotopic (exact) mass is 203 g/mol. The third-order valence-electron chi connectivity index (χ3n) is 2.60. The Morgan fingerprint density at radius 2 is 1.92 bits per heavy atom. The summed E-state index contributed by atoms with van der Waals surface area (Å²) in [7, 11) is -1.61. The van der Waals surface area contributed by atoms with Gasteiger partial charge in [-0.3, -0.25) is 4.79 Å². The van der Waals surface area contributed by atoms with Crippen LogP contribution in [0.4, 0.5) is 0 Å². The molecule has 4 heteroatoms. The molecule has 0 bridgehead atoms. The average molecular weight is 203 g/mol. The molecule has 0 radical (unpaired) electrons. The fraction of sp³-hybridized carbons (Fsp3) is 0.889. The van der Waals surface area contributed by atoms with Gasteiger partial charge in [0.1, 0.15) is 0 Å². The van der Waals surface area contributed by atoms with Crippen LogP contribution in [0.15, 0.2) is 0 Å². The molecule has 0 heterocycles. The van der Waals surface area contributed by atoms with Crippen LogP contribution < -0.4 is 5.32 Å². The molecule has 0 unspecified atom stereocenters. The van der Waals surface area contributed by atoms with E-state index in [4.69, 9.17) is 4.43 Å². The highest BCUT2D eigenvalue weighted by Crippen LogP contribution is 2.36. The first-order chi connectivity index (χ1) is 5.81. The average Bonchev–Trinajstić information content (AvgIpc) is 1.96. The van der Waals surface area contributed by atoms with Crippen molar-refractivity contribution in [1.82, 2.24) is 5.32 Å². The predicted molar refractivity (Wildman–Crippen MR) is 57.2 cm³/mol. The standard InChI is InChI=1S/C9H21NO2Si/c1-9(2,3)13(4,5)12-7-6-10-8-11/h8H,6-7H2,1-5H3,(H,10,11). The second-order valence-electron chi connectivity index (χ2n) is 4.68. The lowest BCUT2D eigenvalue weighted by Crippen LogP contribution is -2.42. The molecule has 0 atom stereocenters. The van der Waals surface area contributed by atoms with Gasteiger partial charge in [-0.15, -0.1) is 0 Å². The molecule has 0 saturated carbocycles. The molecular weight excluding hydrogens is 182 g/mol. The van der Waals surface area contributed by atoms with E-state index in [-0.39, 0.29) is 5.04 Å². The number of hydrogen-bond donors (Lipinski definition) is 1. The Hall–Kier alpha value is -0.353. The Morgan fingerprint density at radius 3 is 2.31 bits per heavy atom. The Kier molecular flexibility index (Phi) is 4.63. The second kappa shape index (κ2) is 4.76. The number of amides is 1. The zero-order chi connectivity index (χ0) is 10.5. The van der Waals surface area contributed by atoms with E-state index < -0.39 is 8.32 Å². The van der Waals surface area contributed by atoms with Crippen molar-refractivity contribution >= 4 is 14.7 Å². The molecule has 0 aliphatic rings. The fourth-order valence-electron chi connectivity index (χ4n) is 0.641. The van der Waals surface area contributed by atoms with Crippen molar-refractivity contribution in [3.8, 4) is 0 Å². The molecule has 0 aromatic heterocycles. The van der Waals surface area contributed by atoms with Crippen LogP contribution in [0.3, 0.4) is 0 Å². The van der Waals surface area contributed by atoms with E-state index in [0.717, 1.165) is 0 Å². The Bertz CT molecular complexity index is 163. The van der Waals surface area contributed by atoms with Crippen molar-refractivity contribution < 1.29 is 9.22 Å². The van der Waals surface area contributed by atoms with Crippen LogP contribution in [0.2, 0.25) is 18.1 Å². The minimum atomic E-state index is -1.61. The summed E-state index contributed by atoms with van der Waals surface area (Å²) in [6, 6.07) is 0. The highest BCUT2D eigenvalue weighted by atomic mass is 28.4. The molecule has 3 nitrogen and oxygen atoms in total. The van der Waals surface area contributed by atoms with Crippen molar-refractivity contribution in [1.29, 1.82) is 0 Å². The maximum atomic E-state index is 9.97. The third-order valence-corrected chi connectivity index (χ3v) is 7.14. The van der Waals surface area contributed by atoms with E-state index >= 15 is 0 Å². The summed E-state index contributed by atoms with van der Waals surface area (Å²) in [5, 5.41) is 2.83. The summed E-state index contributed by atoms with van der Waals surface area (Å²) in [6.45, 7) is 12.2. The molecule has 0 aromatic rings. The highest BCUT2D eigenvalue weighted by molar-refractivity contribution is 6.74. The van der Waals surface area contributed by atoms with Crippen molar-refractivity contribution in [3.63, 3.8) is 0 Å². The van der Waals surface area contributed by atoms with E-state index in [1.54, 1.807) is 0 Å². The fourth-order valence-corrected chi connectivity index (χ4v) is 1.69. The SMILES string of the molecule is CC(C)(C)[Si](C)(C)OCCNC=O. The molecule has 0 aromatic carbocycles. The van der Waals surface area contributed by atoms with Gasteiger partial charge in [0.05, 0.1) is 6.61 Å².